The molecule has 0 saturated heterocycles. The van der Waals surface area contributed by atoms with Gasteiger partial charge in [0.2, 0.25) is 13.6 Å². The van der Waals surface area contributed by atoms with Gasteiger partial charge in [0, 0.05) is 10.0 Å². The van der Waals surface area contributed by atoms with Crippen LogP contribution in [0.3, 0.4) is 0 Å². The van der Waals surface area contributed by atoms with Gasteiger partial charge < -0.3 is 18.9 Å². The van der Waals surface area contributed by atoms with Gasteiger partial charge in [0.15, 0.2) is 23.0 Å². The molecule has 474 valence electrons. The molecule has 2 aliphatic heterocycles. The van der Waals surface area contributed by atoms with E-state index in [0.717, 1.165) is 23.0 Å². The van der Waals surface area contributed by atoms with Crippen molar-refractivity contribution in [2.45, 2.75) is 186 Å². The van der Waals surface area contributed by atoms with Crippen LogP contribution in [0.25, 0.3) is 11.1 Å². The second kappa shape index (κ2) is 38.9. The molecule has 11 rings (SSSR count). The summed E-state index contributed by atoms with van der Waals surface area (Å²) in [6.45, 7) is 44.4. The van der Waals surface area contributed by atoms with Crippen LogP contribution in [-0.2, 0) is 0 Å². The molecule has 2 aliphatic rings. The van der Waals surface area contributed by atoms with Gasteiger partial charge in [0.1, 0.15) is 0 Å². The molecule has 0 radical (unpaired) electrons. The summed E-state index contributed by atoms with van der Waals surface area (Å²) in [4.78, 5) is 0. The Balaban J connectivity index is 0.000000218. The fourth-order valence-electron chi connectivity index (χ4n) is 9.47. The van der Waals surface area contributed by atoms with Gasteiger partial charge in [-0.05, 0) is 149 Å². The lowest BCUT2D eigenvalue weighted by atomic mass is 9.93. The first-order valence-corrected chi connectivity index (χ1v) is 33.1. The fraction of sp³-hybridized carbons (Fsp3) is 0.357. The van der Waals surface area contributed by atoms with Gasteiger partial charge in [-0.25, -0.2) is 0 Å². The van der Waals surface area contributed by atoms with E-state index in [4.69, 9.17) is 18.9 Å². The number of hydrogen-bond acceptors (Lipinski definition) is 4. The Morgan fingerprint density at radius 2 is 0.652 bits per heavy atom. The molecular formula is C84H107BrO4. The van der Waals surface area contributed by atoms with Crippen molar-refractivity contribution >= 4 is 15.9 Å². The summed E-state index contributed by atoms with van der Waals surface area (Å²) in [6, 6.07) is 74.4. The third-order valence-electron chi connectivity index (χ3n) is 15.2. The number of rotatable bonds is 9. The first-order chi connectivity index (χ1) is 42.4. The molecular weight excluding hydrogens is 1150 g/mol. The van der Waals surface area contributed by atoms with Crippen molar-refractivity contribution < 1.29 is 18.9 Å². The molecule has 0 bridgehead atoms. The van der Waals surface area contributed by atoms with Gasteiger partial charge in [-0.3, -0.25) is 0 Å². The number of fused-ring (bicyclic) bond motifs is 2. The normalized spacial score (nSPS) is 11.4. The van der Waals surface area contributed by atoms with Gasteiger partial charge in [0.25, 0.3) is 0 Å². The van der Waals surface area contributed by atoms with E-state index in [1.165, 1.54) is 82.4 Å². The van der Waals surface area contributed by atoms with Gasteiger partial charge in [-0.1, -0.05) is 337 Å². The van der Waals surface area contributed by atoms with E-state index < -0.39 is 0 Å². The Morgan fingerprint density at radius 3 is 1.09 bits per heavy atom. The zero-order chi connectivity index (χ0) is 65.6. The maximum atomic E-state index is 5.37. The zero-order valence-electron chi connectivity index (χ0n) is 57.8. The highest BCUT2D eigenvalue weighted by Gasteiger charge is 2.19. The number of aryl methyl sites for hydroxylation is 4. The maximum Gasteiger partial charge on any atom is 0.231 e. The predicted octanol–water partition coefficient (Wildman–Crippen LogP) is 25.6. The van der Waals surface area contributed by atoms with E-state index in [2.05, 4.69) is 336 Å². The molecule has 0 aromatic heterocycles. The van der Waals surface area contributed by atoms with Crippen molar-refractivity contribution in [2.75, 3.05) is 13.6 Å². The van der Waals surface area contributed by atoms with Crippen molar-refractivity contribution in [1.82, 2.24) is 0 Å². The minimum absolute atomic E-state index is 0.358. The van der Waals surface area contributed by atoms with Crippen LogP contribution in [0.4, 0.5) is 0 Å². The lowest BCUT2D eigenvalue weighted by Gasteiger charge is -2.12. The van der Waals surface area contributed by atoms with E-state index in [-0.39, 0.29) is 0 Å². The molecule has 0 amide bonds. The monoisotopic (exact) mass is 1260 g/mol. The molecule has 0 unspecified atom stereocenters. The summed E-state index contributed by atoms with van der Waals surface area (Å²) in [5.74, 6) is 8.36. The summed E-state index contributed by atoms with van der Waals surface area (Å²) in [6.07, 6.45) is 0. The minimum Gasteiger partial charge on any atom is -0.454 e. The number of halogens is 1. The highest BCUT2D eigenvalue weighted by Crippen LogP contribution is 2.39. The SMILES string of the molecule is CC(C)c1ccc2c(c1)OCO2.CC(C)c1cccc2c1OCO2.CC(C)c1ccccc1-c1ccccc1.CC(C)c1ccccc1Br.Cc1ccc(C(C)C)cc1.Cc1ccc(C(C)C)cc1.Cc1cccc(C(C)C)c1.Cc1cccc(C(C)C)c1. The van der Waals surface area contributed by atoms with Crippen LogP contribution in [0.5, 0.6) is 23.0 Å². The summed E-state index contributed by atoms with van der Waals surface area (Å²) in [7, 11) is 0. The number of benzene rings is 9. The Hall–Kier alpha value is -7.34. The third kappa shape index (κ3) is 26.3. The van der Waals surface area contributed by atoms with Gasteiger partial charge in [0.05, 0.1) is 0 Å². The topological polar surface area (TPSA) is 36.9 Å². The average molecular weight is 1260 g/mol. The highest BCUT2D eigenvalue weighted by atomic mass is 79.9. The Kier molecular flexibility index (Phi) is 32.4. The Morgan fingerprint density at radius 1 is 0.270 bits per heavy atom. The van der Waals surface area contributed by atoms with Crippen LogP contribution in [0.15, 0.2) is 217 Å². The molecule has 0 spiro atoms. The summed E-state index contributed by atoms with van der Waals surface area (Å²) < 4.78 is 22.3. The number of para-hydroxylation sites is 1. The molecule has 0 aliphatic carbocycles. The van der Waals surface area contributed by atoms with Crippen molar-refractivity contribution in [2.24, 2.45) is 0 Å². The quantitative estimate of drug-likeness (QED) is 0.144. The summed E-state index contributed by atoms with van der Waals surface area (Å²) in [5, 5.41) is 0. The summed E-state index contributed by atoms with van der Waals surface area (Å²) in [5.41, 5.74) is 19.1. The van der Waals surface area contributed by atoms with E-state index >= 15 is 0 Å². The smallest absolute Gasteiger partial charge is 0.231 e. The molecule has 0 N–H and O–H groups in total. The van der Waals surface area contributed by atoms with Crippen LogP contribution < -0.4 is 18.9 Å². The Bertz CT molecular complexity index is 3310. The first kappa shape index (κ1) is 74.1. The van der Waals surface area contributed by atoms with Gasteiger partial charge >= 0.3 is 0 Å². The molecule has 9 aromatic carbocycles. The fourth-order valence-corrected chi connectivity index (χ4v) is 10.2. The number of ether oxygens (including phenoxy) is 4. The second-order valence-corrected chi connectivity index (χ2v) is 26.4. The van der Waals surface area contributed by atoms with Gasteiger partial charge in [-0.2, -0.15) is 0 Å². The van der Waals surface area contributed by atoms with E-state index in [0.29, 0.717) is 60.9 Å². The first-order valence-electron chi connectivity index (χ1n) is 32.3. The predicted molar refractivity (Wildman–Crippen MR) is 389 cm³/mol. The molecule has 2 heterocycles. The molecule has 5 heteroatoms. The molecule has 0 fully saturated rings. The standard InChI is InChI=1S/C15H16.2C10H12O2.4C10H14.C9H11Br/c1-12(2)14-10-6-7-11-15(14)13-8-4-3-5-9-13;1-7(2)8-3-4-9-10(5-8)12-6-11-9;1-7(2)8-4-3-5-9-10(8)12-6-11-9;2*1-8(2)10-6-4-9(3)5-7-10;2*1-8(2)10-6-4-5-9(3)7-10;1-7(2)8-5-3-4-6-9(8)10/h3-12H,1-2H3;2*3-5,7H,6H2,1-2H3;4*4-8H,1-3H3;3-7H,1-2H3. The molecule has 9 aromatic rings. The van der Waals surface area contributed by atoms with E-state index in [9.17, 15) is 0 Å². The molecule has 0 atom stereocenters. The van der Waals surface area contributed by atoms with Crippen LogP contribution in [0.2, 0.25) is 0 Å². The lowest BCUT2D eigenvalue weighted by Crippen LogP contribution is -1.95. The van der Waals surface area contributed by atoms with Crippen molar-refractivity contribution in [3.63, 3.8) is 0 Å². The third-order valence-corrected chi connectivity index (χ3v) is 15.9. The van der Waals surface area contributed by atoms with Gasteiger partial charge in [-0.15, -0.1) is 0 Å². The van der Waals surface area contributed by atoms with Crippen LogP contribution in [0.1, 0.15) is 225 Å². The highest BCUT2D eigenvalue weighted by molar-refractivity contribution is 9.10. The Labute approximate surface area is 548 Å². The number of hydrogen-bond donors (Lipinski definition) is 0. The second-order valence-electron chi connectivity index (χ2n) is 25.6. The largest absolute Gasteiger partial charge is 0.454 e. The van der Waals surface area contributed by atoms with Crippen LogP contribution >= 0.6 is 15.9 Å². The zero-order valence-corrected chi connectivity index (χ0v) is 59.3. The van der Waals surface area contributed by atoms with Crippen molar-refractivity contribution in [3.8, 4) is 34.1 Å². The lowest BCUT2D eigenvalue weighted by molar-refractivity contribution is 0.173. The van der Waals surface area contributed by atoms with Crippen molar-refractivity contribution in [1.29, 1.82) is 0 Å². The van der Waals surface area contributed by atoms with Crippen LogP contribution in [0, 0.1) is 27.7 Å². The maximum absolute atomic E-state index is 5.37. The van der Waals surface area contributed by atoms with Crippen molar-refractivity contribution in [3.05, 3.63) is 284 Å². The average Bonchev–Trinajstić information content (AvgIpc) is 4.37. The molecule has 89 heavy (non-hydrogen) atoms. The molecule has 0 saturated carbocycles. The van der Waals surface area contributed by atoms with Crippen LogP contribution in [-0.4, -0.2) is 13.6 Å². The van der Waals surface area contributed by atoms with E-state index in [1.807, 2.05) is 30.3 Å². The van der Waals surface area contributed by atoms with E-state index in [1.54, 1.807) is 0 Å². The summed E-state index contributed by atoms with van der Waals surface area (Å²) >= 11 is 3.50. The minimum atomic E-state index is 0.358. The molecule has 4 nitrogen and oxygen atoms in total.